The van der Waals surface area contributed by atoms with Gasteiger partial charge in [0, 0.05) is 25.0 Å². The van der Waals surface area contributed by atoms with E-state index in [1.54, 1.807) is 32.1 Å². The molecule has 178 valence electrons. The molecule has 33 heavy (non-hydrogen) atoms. The van der Waals surface area contributed by atoms with E-state index in [4.69, 9.17) is 10.5 Å². The van der Waals surface area contributed by atoms with Crippen molar-refractivity contribution in [2.45, 2.75) is 46.4 Å². The number of aliphatic hydroxyl groups is 1. The van der Waals surface area contributed by atoms with Crippen LogP contribution < -0.4 is 11.1 Å². The van der Waals surface area contributed by atoms with E-state index in [9.17, 15) is 19.5 Å². The molecule has 2 heterocycles. The van der Waals surface area contributed by atoms with Gasteiger partial charge in [-0.1, -0.05) is 45.0 Å². The van der Waals surface area contributed by atoms with Crippen molar-refractivity contribution in [2.75, 3.05) is 13.1 Å². The Kier molecular flexibility index (Phi) is 7.38. The molecule has 3 rings (SSSR count). The van der Waals surface area contributed by atoms with E-state index in [2.05, 4.69) is 10.3 Å². The molecule has 1 fully saturated rings. The Morgan fingerprint density at radius 2 is 1.94 bits per heavy atom. The van der Waals surface area contributed by atoms with Crippen LogP contribution >= 0.6 is 11.3 Å². The molecule has 0 bridgehead atoms. The largest absolute Gasteiger partial charge is 0.436 e. The fourth-order valence-corrected chi connectivity index (χ4v) is 4.59. The standard InChI is InChI=1S/C23H30N4O5S/c1-13-18(33-12-26-13)15-7-5-14(6-8-15)9-25-20(29)16-10-27(11-17(16)28)21(30)19(23(2,3)4)32-22(24)31/h5-8,12,16-17,19,28H,9-11H2,1-4H3,(H2,24,31)(H,25,29)/t16-,17-,19?/m0/s1. The van der Waals surface area contributed by atoms with Crippen molar-refractivity contribution in [1.29, 1.82) is 0 Å². The number of ether oxygens (including phenoxy) is 1. The van der Waals surface area contributed by atoms with Crippen molar-refractivity contribution < 1.29 is 24.2 Å². The van der Waals surface area contributed by atoms with E-state index in [-0.39, 0.29) is 19.0 Å². The van der Waals surface area contributed by atoms with E-state index in [0.29, 0.717) is 6.54 Å². The summed E-state index contributed by atoms with van der Waals surface area (Å²) in [7, 11) is 0. The molecule has 3 amide bonds. The van der Waals surface area contributed by atoms with Gasteiger partial charge in [-0.15, -0.1) is 11.3 Å². The van der Waals surface area contributed by atoms with Gasteiger partial charge in [-0.05, 0) is 18.1 Å². The lowest BCUT2D eigenvalue weighted by Crippen LogP contribution is -2.48. The monoisotopic (exact) mass is 474 g/mol. The van der Waals surface area contributed by atoms with Gasteiger partial charge in [0.15, 0.2) is 6.10 Å². The molecule has 1 aromatic heterocycles. The van der Waals surface area contributed by atoms with Gasteiger partial charge in [0.25, 0.3) is 5.91 Å². The van der Waals surface area contributed by atoms with Crippen LogP contribution in [-0.4, -0.2) is 58.2 Å². The fourth-order valence-electron chi connectivity index (χ4n) is 3.78. The van der Waals surface area contributed by atoms with E-state index in [0.717, 1.165) is 21.7 Å². The number of hydrogen-bond donors (Lipinski definition) is 3. The van der Waals surface area contributed by atoms with E-state index < -0.39 is 35.5 Å². The number of amides is 3. The maximum atomic E-state index is 12.9. The topological polar surface area (TPSA) is 135 Å². The minimum Gasteiger partial charge on any atom is -0.436 e. The summed E-state index contributed by atoms with van der Waals surface area (Å²) in [5, 5.41) is 13.3. The molecule has 1 aromatic carbocycles. The summed E-state index contributed by atoms with van der Waals surface area (Å²) in [5.41, 5.74) is 9.19. The molecule has 1 saturated heterocycles. The molecule has 0 radical (unpaired) electrons. The molecule has 10 heteroatoms. The molecule has 0 saturated carbocycles. The molecule has 9 nitrogen and oxygen atoms in total. The number of aryl methyl sites for hydroxylation is 1. The number of aliphatic hydroxyl groups excluding tert-OH is 1. The zero-order valence-electron chi connectivity index (χ0n) is 19.2. The van der Waals surface area contributed by atoms with Crippen LogP contribution in [0.3, 0.4) is 0 Å². The summed E-state index contributed by atoms with van der Waals surface area (Å²) in [6, 6.07) is 7.84. The molecule has 1 aliphatic heterocycles. The number of nitrogens with two attached hydrogens (primary N) is 1. The van der Waals surface area contributed by atoms with Gasteiger partial charge in [-0.3, -0.25) is 9.59 Å². The lowest BCUT2D eigenvalue weighted by molar-refractivity contribution is -0.145. The van der Waals surface area contributed by atoms with Crippen LogP contribution in [0.1, 0.15) is 32.0 Å². The number of benzene rings is 1. The summed E-state index contributed by atoms with van der Waals surface area (Å²) in [4.78, 5) is 43.6. The number of carbonyl (C=O) groups is 3. The Morgan fingerprint density at radius 3 is 2.48 bits per heavy atom. The third-order valence-electron chi connectivity index (χ3n) is 5.61. The average Bonchev–Trinajstić information content (AvgIpc) is 3.35. The molecule has 1 unspecified atom stereocenters. The zero-order chi connectivity index (χ0) is 24.3. The quantitative estimate of drug-likeness (QED) is 0.587. The number of hydrogen-bond acceptors (Lipinski definition) is 7. The second kappa shape index (κ2) is 9.88. The third kappa shape index (κ3) is 5.88. The lowest BCUT2D eigenvalue weighted by Gasteiger charge is -2.31. The summed E-state index contributed by atoms with van der Waals surface area (Å²) >= 11 is 1.58. The molecule has 1 aliphatic rings. The van der Waals surface area contributed by atoms with Crippen molar-refractivity contribution in [2.24, 2.45) is 17.1 Å². The second-order valence-electron chi connectivity index (χ2n) is 9.28. The van der Waals surface area contributed by atoms with Gasteiger partial charge >= 0.3 is 6.09 Å². The lowest BCUT2D eigenvalue weighted by atomic mass is 9.88. The van der Waals surface area contributed by atoms with Gasteiger partial charge in [-0.25, -0.2) is 9.78 Å². The summed E-state index contributed by atoms with van der Waals surface area (Å²) in [6.45, 7) is 7.51. The van der Waals surface area contributed by atoms with Crippen LogP contribution in [0.25, 0.3) is 10.4 Å². The first-order valence-electron chi connectivity index (χ1n) is 10.7. The van der Waals surface area contributed by atoms with E-state index in [1.807, 2.05) is 36.7 Å². The second-order valence-corrected chi connectivity index (χ2v) is 10.1. The van der Waals surface area contributed by atoms with Gasteiger partial charge in [0.05, 0.1) is 28.1 Å². The number of likely N-dealkylation sites (tertiary alicyclic amines) is 1. The highest BCUT2D eigenvalue weighted by atomic mass is 32.1. The molecule has 0 spiro atoms. The van der Waals surface area contributed by atoms with Crippen molar-refractivity contribution in [3.63, 3.8) is 0 Å². The smallest absolute Gasteiger partial charge is 0.405 e. The number of β-amino-alcohol motifs (C(OH)–C–C–N with tert-alkyl or cyclic N) is 1. The van der Waals surface area contributed by atoms with Crippen molar-refractivity contribution in [3.05, 3.63) is 41.0 Å². The van der Waals surface area contributed by atoms with Crippen LogP contribution in [0.4, 0.5) is 4.79 Å². The molecule has 2 aromatic rings. The maximum absolute atomic E-state index is 12.9. The average molecular weight is 475 g/mol. The molecular weight excluding hydrogens is 444 g/mol. The maximum Gasteiger partial charge on any atom is 0.405 e. The first kappa shape index (κ1) is 24.7. The van der Waals surface area contributed by atoms with E-state index >= 15 is 0 Å². The van der Waals surface area contributed by atoms with Crippen LogP contribution in [0.15, 0.2) is 29.8 Å². The van der Waals surface area contributed by atoms with Crippen molar-refractivity contribution in [3.8, 4) is 10.4 Å². The first-order chi connectivity index (χ1) is 15.5. The number of carbonyl (C=O) groups excluding carboxylic acids is 3. The fraction of sp³-hybridized carbons (Fsp3) is 0.478. The Bertz CT molecular complexity index is 1010. The predicted octanol–water partition coefficient (Wildman–Crippen LogP) is 2.06. The predicted molar refractivity (Wildman–Crippen MR) is 124 cm³/mol. The molecule has 3 atom stereocenters. The third-order valence-corrected chi connectivity index (χ3v) is 6.59. The van der Waals surface area contributed by atoms with Crippen molar-refractivity contribution in [1.82, 2.24) is 15.2 Å². The summed E-state index contributed by atoms with van der Waals surface area (Å²) < 4.78 is 5.03. The van der Waals surface area contributed by atoms with Gasteiger partial charge in [0.2, 0.25) is 5.91 Å². The van der Waals surface area contributed by atoms with Crippen LogP contribution in [0.5, 0.6) is 0 Å². The number of rotatable bonds is 6. The van der Waals surface area contributed by atoms with Crippen LogP contribution in [0, 0.1) is 18.3 Å². The normalized spacial score (nSPS) is 19.2. The summed E-state index contributed by atoms with van der Waals surface area (Å²) in [6.07, 6.45) is -3.17. The van der Waals surface area contributed by atoms with E-state index in [1.165, 1.54) is 4.90 Å². The minimum absolute atomic E-state index is 0.0193. The SMILES string of the molecule is Cc1ncsc1-c1ccc(CNC(=O)[C@H]2CN(C(=O)C(OC(N)=O)C(C)(C)C)C[C@@H]2O)cc1. The van der Waals surface area contributed by atoms with Gasteiger partial charge in [-0.2, -0.15) is 0 Å². The Morgan fingerprint density at radius 1 is 1.27 bits per heavy atom. The number of nitrogens with zero attached hydrogens (tertiary/aromatic N) is 2. The number of aromatic nitrogens is 1. The molecular formula is C23H30N4O5S. The number of thiazole rings is 1. The zero-order valence-corrected chi connectivity index (χ0v) is 20.0. The molecule has 0 aliphatic carbocycles. The molecule has 4 N–H and O–H groups in total. The van der Waals surface area contributed by atoms with Gasteiger partial charge < -0.3 is 25.8 Å². The highest BCUT2D eigenvalue weighted by Gasteiger charge is 2.44. The Hall–Kier alpha value is -2.98. The Balaban J connectivity index is 1.59. The van der Waals surface area contributed by atoms with Gasteiger partial charge in [0.1, 0.15) is 0 Å². The highest BCUT2D eigenvalue weighted by molar-refractivity contribution is 7.13. The van der Waals surface area contributed by atoms with Crippen LogP contribution in [0.2, 0.25) is 0 Å². The number of nitrogens with one attached hydrogen (secondary N) is 1. The highest BCUT2D eigenvalue weighted by Crippen LogP contribution is 2.28. The first-order valence-corrected chi connectivity index (χ1v) is 11.6. The van der Waals surface area contributed by atoms with Crippen LogP contribution in [-0.2, 0) is 20.9 Å². The number of primary amides is 1. The minimum atomic E-state index is -1.11. The summed E-state index contributed by atoms with van der Waals surface area (Å²) in [5.74, 6) is -1.60. The Labute approximate surface area is 196 Å². The van der Waals surface area contributed by atoms with Crippen molar-refractivity contribution >= 4 is 29.2 Å².